The van der Waals surface area contributed by atoms with E-state index in [1.807, 2.05) is 0 Å². The monoisotopic (exact) mass is 311 g/mol. The highest BCUT2D eigenvalue weighted by Gasteiger charge is 2.24. The Bertz CT molecular complexity index is 517. The maximum absolute atomic E-state index is 12.3. The van der Waals surface area contributed by atoms with Crippen molar-refractivity contribution in [1.29, 1.82) is 0 Å². The fourth-order valence-electron chi connectivity index (χ4n) is 2.50. The number of amides is 1. The van der Waals surface area contributed by atoms with E-state index in [0.717, 1.165) is 37.4 Å². The molecular formula is C14H21N3O3S. The predicted octanol–water partition coefficient (Wildman–Crippen LogP) is 1.34. The van der Waals surface area contributed by atoms with Gasteiger partial charge in [0.2, 0.25) is 5.01 Å². The minimum absolute atomic E-state index is 0.142. The molecule has 0 aliphatic carbocycles. The third-order valence-electron chi connectivity index (χ3n) is 3.54. The van der Waals surface area contributed by atoms with Crippen LogP contribution in [0.25, 0.3) is 0 Å². The first-order valence-corrected chi connectivity index (χ1v) is 7.95. The van der Waals surface area contributed by atoms with E-state index in [-0.39, 0.29) is 10.9 Å². The minimum atomic E-state index is -0.471. The molecule has 1 aliphatic heterocycles. The van der Waals surface area contributed by atoms with Gasteiger partial charge in [-0.2, -0.15) is 0 Å². The first-order chi connectivity index (χ1) is 10.0. The van der Waals surface area contributed by atoms with Crippen LogP contribution in [0.1, 0.15) is 33.6 Å². The van der Waals surface area contributed by atoms with Crippen molar-refractivity contribution in [2.24, 2.45) is 5.92 Å². The normalized spacial score (nSPS) is 18.7. The summed E-state index contributed by atoms with van der Waals surface area (Å²) in [5, 5.41) is 1.85. The molecule has 1 saturated heterocycles. The van der Waals surface area contributed by atoms with E-state index in [9.17, 15) is 9.59 Å². The molecule has 7 heteroatoms. The summed E-state index contributed by atoms with van der Waals surface area (Å²) in [4.78, 5) is 31.9. The average molecular weight is 311 g/mol. The van der Waals surface area contributed by atoms with Gasteiger partial charge >= 0.3 is 5.97 Å². The standard InChI is InChI=1S/C14H21N3O3S/c1-4-20-14(19)12-15-11(9-21-12)13(18)17(3)8-10-5-6-16(2)7-10/h9-10H,4-8H2,1-3H3. The fraction of sp³-hybridized carbons (Fsp3) is 0.643. The Morgan fingerprint density at radius 3 is 2.95 bits per heavy atom. The summed E-state index contributed by atoms with van der Waals surface area (Å²) in [6, 6.07) is 0. The Balaban J connectivity index is 1.94. The highest BCUT2D eigenvalue weighted by Crippen LogP contribution is 2.17. The van der Waals surface area contributed by atoms with Crippen LogP contribution in [-0.2, 0) is 4.74 Å². The van der Waals surface area contributed by atoms with Crippen molar-refractivity contribution in [3.63, 3.8) is 0 Å². The quantitative estimate of drug-likeness (QED) is 0.768. The topological polar surface area (TPSA) is 62.7 Å². The minimum Gasteiger partial charge on any atom is -0.461 e. The molecule has 0 bridgehead atoms. The maximum Gasteiger partial charge on any atom is 0.367 e. The van der Waals surface area contributed by atoms with Gasteiger partial charge in [-0.15, -0.1) is 11.3 Å². The molecule has 21 heavy (non-hydrogen) atoms. The zero-order valence-corrected chi connectivity index (χ0v) is 13.5. The van der Waals surface area contributed by atoms with E-state index in [0.29, 0.717) is 18.2 Å². The van der Waals surface area contributed by atoms with Gasteiger partial charge in [0.1, 0.15) is 5.69 Å². The van der Waals surface area contributed by atoms with E-state index in [2.05, 4.69) is 16.9 Å². The third-order valence-corrected chi connectivity index (χ3v) is 4.36. The van der Waals surface area contributed by atoms with Crippen LogP contribution in [0.3, 0.4) is 0 Å². The predicted molar refractivity (Wildman–Crippen MR) is 80.6 cm³/mol. The smallest absolute Gasteiger partial charge is 0.367 e. The van der Waals surface area contributed by atoms with E-state index in [1.54, 1.807) is 24.3 Å². The van der Waals surface area contributed by atoms with Gasteiger partial charge in [0, 0.05) is 25.5 Å². The van der Waals surface area contributed by atoms with Crippen LogP contribution >= 0.6 is 11.3 Å². The molecule has 1 aliphatic rings. The van der Waals surface area contributed by atoms with E-state index < -0.39 is 5.97 Å². The second-order valence-electron chi connectivity index (χ2n) is 5.36. The van der Waals surface area contributed by atoms with Gasteiger partial charge in [0.05, 0.1) is 6.61 Å². The third kappa shape index (κ3) is 4.01. The molecule has 1 amide bonds. The van der Waals surface area contributed by atoms with Gasteiger partial charge in [0.25, 0.3) is 5.91 Å². The van der Waals surface area contributed by atoms with Crippen LogP contribution in [0.5, 0.6) is 0 Å². The van der Waals surface area contributed by atoms with Gasteiger partial charge in [-0.1, -0.05) is 0 Å². The SMILES string of the molecule is CCOC(=O)c1nc(C(=O)N(C)CC2CCN(C)C2)cs1. The molecule has 1 aromatic heterocycles. The van der Waals surface area contributed by atoms with Crippen molar-refractivity contribution < 1.29 is 14.3 Å². The number of aromatic nitrogens is 1. The number of ether oxygens (including phenoxy) is 1. The number of carbonyl (C=O) groups excluding carboxylic acids is 2. The van der Waals surface area contributed by atoms with Crippen LogP contribution < -0.4 is 0 Å². The van der Waals surface area contributed by atoms with Gasteiger partial charge < -0.3 is 14.5 Å². The molecule has 1 atom stereocenters. The summed E-state index contributed by atoms with van der Waals surface area (Å²) in [6.07, 6.45) is 1.11. The van der Waals surface area contributed by atoms with Gasteiger partial charge in [0.15, 0.2) is 0 Å². The lowest BCUT2D eigenvalue weighted by molar-refractivity contribution is 0.0526. The Kier molecular flexibility index (Phi) is 5.30. The van der Waals surface area contributed by atoms with Crippen molar-refractivity contribution in [3.8, 4) is 0 Å². The Morgan fingerprint density at radius 1 is 1.57 bits per heavy atom. The van der Waals surface area contributed by atoms with Crippen LogP contribution in [0, 0.1) is 5.92 Å². The van der Waals surface area contributed by atoms with Crippen molar-refractivity contribution in [2.45, 2.75) is 13.3 Å². The van der Waals surface area contributed by atoms with Gasteiger partial charge in [-0.05, 0) is 32.9 Å². The first kappa shape index (κ1) is 15.9. The lowest BCUT2D eigenvalue weighted by atomic mass is 10.1. The maximum atomic E-state index is 12.3. The van der Waals surface area contributed by atoms with Crippen molar-refractivity contribution in [3.05, 3.63) is 16.1 Å². The second kappa shape index (κ2) is 7.00. The highest BCUT2D eigenvalue weighted by atomic mass is 32.1. The number of rotatable bonds is 5. The van der Waals surface area contributed by atoms with E-state index in [4.69, 9.17) is 4.74 Å². The van der Waals surface area contributed by atoms with Crippen LogP contribution in [-0.4, -0.2) is 67.0 Å². The van der Waals surface area contributed by atoms with Crippen LogP contribution in [0.15, 0.2) is 5.38 Å². The van der Waals surface area contributed by atoms with Gasteiger partial charge in [-0.3, -0.25) is 4.79 Å². The molecule has 0 aromatic carbocycles. The summed E-state index contributed by atoms with van der Waals surface area (Å²) in [5.74, 6) is -0.106. The lowest BCUT2D eigenvalue weighted by Crippen LogP contribution is -2.33. The van der Waals surface area contributed by atoms with Crippen LogP contribution in [0.4, 0.5) is 0 Å². The summed E-state index contributed by atoms with van der Waals surface area (Å²) in [6.45, 7) is 4.86. The molecule has 2 heterocycles. The largest absolute Gasteiger partial charge is 0.461 e. The lowest BCUT2D eigenvalue weighted by Gasteiger charge is -2.20. The van der Waals surface area contributed by atoms with Crippen molar-refractivity contribution in [1.82, 2.24) is 14.8 Å². The number of nitrogens with zero attached hydrogens (tertiary/aromatic N) is 3. The zero-order chi connectivity index (χ0) is 15.4. The molecule has 2 rings (SSSR count). The molecule has 0 spiro atoms. The second-order valence-corrected chi connectivity index (χ2v) is 6.22. The molecule has 1 fully saturated rings. The average Bonchev–Trinajstić information content (AvgIpc) is 3.07. The molecule has 1 aromatic rings. The summed E-state index contributed by atoms with van der Waals surface area (Å²) < 4.78 is 4.88. The molecule has 0 radical (unpaired) electrons. The van der Waals surface area contributed by atoms with Crippen molar-refractivity contribution >= 4 is 23.2 Å². The molecule has 0 N–H and O–H groups in total. The molecule has 116 valence electrons. The number of hydrogen-bond donors (Lipinski definition) is 0. The number of esters is 1. The van der Waals surface area contributed by atoms with E-state index in [1.165, 1.54) is 0 Å². The van der Waals surface area contributed by atoms with Gasteiger partial charge in [-0.25, -0.2) is 9.78 Å². The number of hydrogen-bond acceptors (Lipinski definition) is 6. The molecule has 6 nitrogen and oxygen atoms in total. The Morgan fingerprint density at radius 2 is 2.33 bits per heavy atom. The Hall–Kier alpha value is -1.47. The number of carbonyl (C=O) groups is 2. The fourth-order valence-corrected chi connectivity index (χ4v) is 3.18. The zero-order valence-electron chi connectivity index (χ0n) is 12.7. The Labute approximate surface area is 128 Å². The number of thiazole rings is 1. The molecular weight excluding hydrogens is 290 g/mol. The van der Waals surface area contributed by atoms with Crippen LogP contribution in [0.2, 0.25) is 0 Å². The molecule has 1 unspecified atom stereocenters. The van der Waals surface area contributed by atoms with Crippen molar-refractivity contribution in [2.75, 3.05) is 40.3 Å². The van der Waals surface area contributed by atoms with E-state index >= 15 is 0 Å². The highest BCUT2D eigenvalue weighted by molar-refractivity contribution is 7.11. The number of likely N-dealkylation sites (tertiary alicyclic amines) is 1. The molecule has 0 saturated carbocycles. The summed E-state index contributed by atoms with van der Waals surface area (Å²) in [7, 11) is 3.87. The summed E-state index contributed by atoms with van der Waals surface area (Å²) in [5.41, 5.74) is 0.317. The summed E-state index contributed by atoms with van der Waals surface area (Å²) >= 11 is 1.15. The first-order valence-electron chi connectivity index (χ1n) is 7.08.